The molecule has 0 amide bonds. The molecule has 0 saturated carbocycles. The molecule has 2 aliphatic heterocycles. The van der Waals surface area contributed by atoms with Crippen molar-refractivity contribution >= 4 is 29.2 Å². The first-order chi connectivity index (χ1) is 16.8. The maximum absolute atomic E-state index is 13.5. The number of fused-ring (bicyclic) bond motifs is 1. The molecule has 1 N–H and O–H groups in total. The molecule has 2 aliphatic rings. The van der Waals surface area contributed by atoms with Crippen molar-refractivity contribution in [2.24, 2.45) is 17.3 Å². The number of carbonyl (C=O) groups is 2. The second kappa shape index (κ2) is 11.4. The Bertz CT molecular complexity index is 971. The van der Waals surface area contributed by atoms with Gasteiger partial charge in [-0.1, -0.05) is 34.1 Å². The lowest BCUT2D eigenvalue weighted by molar-refractivity contribution is -0.154. The van der Waals surface area contributed by atoms with E-state index in [-0.39, 0.29) is 35.9 Å². The Morgan fingerprint density at radius 3 is 2.58 bits per heavy atom. The number of epoxide rings is 1. The number of nitrogens with zero attached hydrogens (tertiary/aromatic N) is 1. The fraction of sp³-hybridized carbons (Fsp3) is 0.750. The number of aliphatic hydroxyl groups excluding tert-OH is 1. The third kappa shape index (κ3) is 6.63. The normalized spacial score (nSPS) is 36.8. The predicted octanol–water partition coefficient (Wildman–Crippen LogP) is 5.13. The van der Waals surface area contributed by atoms with Gasteiger partial charge in [0.25, 0.3) is 0 Å². The highest BCUT2D eigenvalue weighted by Gasteiger charge is 2.53. The van der Waals surface area contributed by atoms with Crippen LogP contribution in [-0.2, 0) is 23.8 Å². The van der Waals surface area contributed by atoms with Gasteiger partial charge in [-0.15, -0.1) is 11.3 Å². The van der Waals surface area contributed by atoms with Crippen LogP contribution in [0.3, 0.4) is 0 Å². The van der Waals surface area contributed by atoms with Crippen LogP contribution in [-0.4, -0.2) is 59.0 Å². The minimum Gasteiger partial charge on any atom is -0.458 e. The van der Waals surface area contributed by atoms with Gasteiger partial charge in [-0.2, -0.15) is 0 Å². The Morgan fingerprint density at radius 1 is 1.28 bits per heavy atom. The van der Waals surface area contributed by atoms with Crippen molar-refractivity contribution in [2.45, 2.75) is 111 Å². The lowest BCUT2D eigenvalue weighted by Gasteiger charge is -2.36. The van der Waals surface area contributed by atoms with Crippen molar-refractivity contribution in [1.82, 2.24) is 4.98 Å². The van der Waals surface area contributed by atoms with Gasteiger partial charge in [0.15, 0.2) is 0 Å². The number of carbonyl (C=O) groups excluding carboxylic acids is 2. The first-order valence-electron chi connectivity index (χ1n) is 13.0. The lowest BCUT2D eigenvalue weighted by atomic mass is 9.73. The number of rotatable bonds is 3. The highest BCUT2D eigenvalue weighted by Crippen LogP contribution is 2.45. The van der Waals surface area contributed by atoms with Crippen LogP contribution in [0.25, 0.3) is 6.08 Å². The quantitative estimate of drug-likeness (QED) is 0.435. The predicted molar refractivity (Wildman–Crippen MR) is 141 cm³/mol. The summed E-state index contributed by atoms with van der Waals surface area (Å²) >= 11 is 1.57. The van der Waals surface area contributed by atoms with Crippen LogP contribution in [0.1, 0.15) is 84.3 Å². The van der Waals surface area contributed by atoms with Crippen LogP contribution in [0.4, 0.5) is 0 Å². The summed E-state index contributed by atoms with van der Waals surface area (Å²) in [5.41, 5.74) is 0.329. The fourth-order valence-electron chi connectivity index (χ4n) is 5.49. The van der Waals surface area contributed by atoms with Crippen LogP contribution >= 0.6 is 11.3 Å². The van der Waals surface area contributed by atoms with Crippen molar-refractivity contribution in [3.8, 4) is 0 Å². The van der Waals surface area contributed by atoms with Gasteiger partial charge in [-0.25, -0.2) is 4.98 Å². The largest absolute Gasteiger partial charge is 0.458 e. The third-order valence-corrected chi connectivity index (χ3v) is 8.95. The van der Waals surface area contributed by atoms with E-state index in [1.807, 2.05) is 32.2 Å². The van der Waals surface area contributed by atoms with Crippen molar-refractivity contribution < 1.29 is 28.9 Å². The summed E-state index contributed by atoms with van der Waals surface area (Å²) in [6, 6.07) is 0. The molecule has 3 heterocycles. The molecule has 1 aromatic heterocycles. The van der Waals surface area contributed by atoms with Crippen LogP contribution < -0.4 is 0 Å². The van der Waals surface area contributed by atoms with E-state index < -0.39 is 29.5 Å². The van der Waals surface area contributed by atoms with Crippen molar-refractivity contribution in [3.63, 3.8) is 0 Å². The first kappa shape index (κ1) is 29.0. The Morgan fingerprint density at radius 2 is 1.97 bits per heavy atom. The minimum atomic E-state index is -1.17. The van der Waals surface area contributed by atoms with Crippen molar-refractivity contribution in [3.05, 3.63) is 21.7 Å². The molecule has 0 bridgehead atoms. The van der Waals surface area contributed by atoms with Gasteiger partial charge < -0.3 is 19.3 Å². The number of Topliss-reactive ketones (excluding diaryl/α,β-unsaturated/α-hetero) is 1. The molecular formula is C28H43NO6S. The van der Waals surface area contributed by atoms with Crippen molar-refractivity contribution in [1.29, 1.82) is 0 Å². The van der Waals surface area contributed by atoms with Gasteiger partial charge in [0.2, 0.25) is 0 Å². The molecule has 0 aromatic carbocycles. The van der Waals surface area contributed by atoms with E-state index in [1.54, 1.807) is 32.3 Å². The van der Waals surface area contributed by atoms with Gasteiger partial charge in [-0.05, 0) is 51.2 Å². The minimum absolute atomic E-state index is 0.0147. The van der Waals surface area contributed by atoms with E-state index in [9.17, 15) is 14.7 Å². The number of aryl methyl sites for hydroxylation is 1. The van der Waals surface area contributed by atoms with E-state index in [4.69, 9.17) is 14.2 Å². The summed E-state index contributed by atoms with van der Waals surface area (Å²) in [5.74, 6) is -0.898. The molecule has 7 atom stereocenters. The number of ether oxygens (including phenoxy) is 3. The molecule has 0 aliphatic carbocycles. The number of thiazole rings is 1. The molecule has 3 rings (SSSR count). The monoisotopic (exact) mass is 521 g/mol. The third-order valence-electron chi connectivity index (χ3n) is 8.16. The second-order valence-corrected chi connectivity index (χ2v) is 12.5. The molecule has 2 unspecified atom stereocenters. The summed E-state index contributed by atoms with van der Waals surface area (Å²) in [7, 11) is 1.63. The Hall–Kier alpha value is -1.61. The fourth-order valence-corrected chi connectivity index (χ4v) is 6.06. The molecule has 0 spiro atoms. The number of aliphatic hydroxyl groups is 1. The van der Waals surface area contributed by atoms with Crippen LogP contribution in [0.5, 0.6) is 0 Å². The van der Waals surface area contributed by atoms with Crippen molar-refractivity contribution in [2.75, 3.05) is 7.11 Å². The summed E-state index contributed by atoms with van der Waals surface area (Å²) < 4.78 is 17.8. The zero-order valence-corrected chi connectivity index (χ0v) is 23.8. The molecule has 0 radical (unpaired) electrons. The summed E-state index contributed by atoms with van der Waals surface area (Å²) in [4.78, 5) is 31.0. The maximum atomic E-state index is 13.5. The molecule has 2 fully saturated rings. The highest BCUT2D eigenvalue weighted by molar-refractivity contribution is 7.09. The van der Waals surface area contributed by atoms with Gasteiger partial charge in [0, 0.05) is 24.8 Å². The van der Waals surface area contributed by atoms with Gasteiger partial charge in [0.05, 0.1) is 46.5 Å². The summed E-state index contributed by atoms with van der Waals surface area (Å²) in [6.07, 6.45) is 3.01. The van der Waals surface area contributed by atoms with Gasteiger partial charge >= 0.3 is 5.97 Å². The smallest absolute Gasteiger partial charge is 0.309 e. The van der Waals surface area contributed by atoms with E-state index in [0.717, 1.165) is 35.5 Å². The number of cyclic esters (lactones) is 1. The average molecular weight is 522 g/mol. The topological polar surface area (TPSA) is 98.2 Å². The highest BCUT2D eigenvalue weighted by atomic mass is 32.1. The number of hydrogen-bond donors (Lipinski definition) is 1. The molecule has 202 valence electrons. The van der Waals surface area contributed by atoms with E-state index in [1.165, 1.54) is 0 Å². The number of aromatic nitrogens is 1. The second-order valence-electron chi connectivity index (χ2n) is 11.5. The number of ketones is 1. The molecular weight excluding hydrogens is 478 g/mol. The van der Waals surface area contributed by atoms with Gasteiger partial charge in [0.1, 0.15) is 11.9 Å². The Kier molecular flexibility index (Phi) is 9.18. The molecule has 2 saturated heterocycles. The Labute approximate surface area is 219 Å². The SMILES string of the molecule is CO[C@H]1[C@@H](C)CCCC2(C)OC2C[C@@H](/C(C)=C/c2csc(C)n2)OC(=O)C[C@H](O)C(C)(C)C(=O)[C@@H]1C. The standard InChI is InChI=1S/C28H43NO6S/c1-16-10-9-11-28(7)23(35-28)13-21(17(2)12-20-15-36-19(4)29-20)34-24(31)14-22(30)27(5,6)26(32)18(3)25(16)33-8/h12,15-16,18,21-23,25,30H,9-11,13-14H2,1-8H3/b17-12+/t16-,18+,21-,22-,23?,25-,28?/m0/s1. The van der Waals surface area contributed by atoms with Gasteiger partial charge in [-0.3, -0.25) is 9.59 Å². The maximum Gasteiger partial charge on any atom is 0.309 e. The van der Waals surface area contributed by atoms with E-state index in [2.05, 4.69) is 18.8 Å². The molecule has 36 heavy (non-hydrogen) atoms. The lowest BCUT2D eigenvalue weighted by Crippen LogP contribution is -2.46. The zero-order chi connectivity index (χ0) is 26.8. The number of hydrogen-bond acceptors (Lipinski definition) is 8. The van der Waals surface area contributed by atoms with Crippen LogP contribution in [0.2, 0.25) is 0 Å². The number of methoxy groups -OCH3 is 1. The summed E-state index contributed by atoms with van der Waals surface area (Å²) in [5, 5.41) is 13.9. The zero-order valence-electron chi connectivity index (χ0n) is 23.0. The van der Waals surface area contributed by atoms with E-state index >= 15 is 0 Å². The molecule has 8 heteroatoms. The van der Waals surface area contributed by atoms with Crippen LogP contribution in [0, 0.1) is 24.2 Å². The Balaban J connectivity index is 1.87. The summed E-state index contributed by atoms with van der Waals surface area (Å²) in [6.45, 7) is 13.4. The van der Waals surface area contributed by atoms with Crippen LogP contribution in [0.15, 0.2) is 11.0 Å². The first-order valence-corrected chi connectivity index (χ1v) is 13.9. The molecule has 7 nitrogen and oxygen atoms in total. The number of esters is 1. The molecule has 1 aromatic rings. The van der Waals surface area contributed by atoms with E-state index in [0.29, 0.717) is 6.42 Å². The average Bonchev–Trinajstić information content (AvgIpc) is 3.24.